The van der Waals surface area contributed by atoms with E-state index in [0.717, 1.165) is 35.4 Å². The molecule has 0 atom stereocenters. The van der Waals surface area contributed by atoms with E-state index in [-0.39, 0.29) is 11.5 Å². The maximum Gasteiger partial charge on any atom is 0.264 e. The number of hydrogen-bond acceptors (Lipinski definition) is 7. The largest absolute Gasteiger partial charge is 0.496 e. The number of rotatable bonds is 5. The SMILES string of the molecule is COc1cc(OC)c(C2=CCN(C(=O)c3sc4nc5n(c(=O)c4c3C)CCC5)CC2)c(OC)c1. The zero-order valence-corrected chi connectivity index (χ0v) is 20.6. The third-order valence-corrected chi connectivity index (χ3v) is 7.81. The fraction of sp³-hybridized carbons (Fsp3) is 0.400. The third-order valence-electron chi connectivity index (χ3n) is 6.64. The van der Waals surface area contributed by atoms with E-state index in [1.807, 2.05) is 30.0 Å². The van der Waals surface area contributed by atoms with Gasteiger partial charge >= 0.3 is 0 Å². The van der Waals surface area contributed by atoms with Crippen molar-refractivity contribution < 1.29 is 19.0 Å². The summed E-state index contributed by atoms with van der Waals surface area (Å²) in [5.74, 6) is 2.76. The Labute approximate surface area is 201 Å². The average molecular weight is 482 g/mol. The van der Waals surface area contributed by atoms with Crippen molar-refractivity contribution >= 4 is 33.0 Å². The number of benzene rings is 1. The molecule has 2 aliphatic heterocycles. The van der Waals surface area contributed by atoms with Crippen molar-refractivity contribution in [3.05, 3.63) is 50.4 Å². The molecule has 0 saturated heterocycles. The number of fused-ring (bicyclic) bond motifs is 2. The Morgan fingerprint density at radius 1 is 1.06 bits per heavy atom. The van der Waals surface area contributed by atoms with E-state index in [4.69, 9.17) is 19.2 Å². The molecule has 178 valence electrons. The average Bonchev–Trinajstić information content (AvgIpc) is 3.47. The molecule has 0 N–H and O–H groups in total. The number of methoxy groups -OCH3 is 3. The third kappa shape index (κ3) is 3.55. The lowest BCUT2D eigenvalue weighted by Crippen LogP contribution is -2.34. The Kier molecular flexibility index (Phi) is 5.81. The van der Waals surface area contributed by atoms with Gasteiger partial charge in [-0.25, -0.2) is 4.98 Å². The lowest BCUT2D eigenvalue weighted by atomic mass is 9.97. The summed E-state index contributed by atoms with van der Waals surface area (Å²) in [6.07, 6.45) is 4.45. The van der Waals surface area contributed by atoms with Crippen LogP contribution in [0.3, 0.4) is 0 Å². The number of carbonyl (C=O) groups excluding carboxylic acids is 1. The second-order valence-corrected chi connectivity index (χ2v) is 9.46. The first-order chi connectivity index (χ1) is 16.5. The van der Waals surface area contributed by atoms with Crippen LogP contribution in [0, 0.1) is 6.92 Å². The second-order valence-electron chi connectivity index (χ2n) is 8.46. The number of aromatic nitrogens is 2. The summed E-state index contributed by atoms with van der Waals surface area (Å²) >= 11 is 1.33. The van der Waals surface area contributed by atoms with E-state index in [1.165, 1.54) is 11.3 Å². The molecule has 3 aromatic rings. The summed E-state index contributed by atoms with van der Waals surface area (Å²) in [5.41, 5.74) is 2.65. The Morgan fingerprint density at radius 3 is 2.41 bits per heavy atom. The van der Waals surface area contributed by atoms with Crippen molar-refractivity contribution in [2.75, 3.05) is 34.4 Å². The van der Waals surface area contributed by atoms with Crippen LogP contribution in [0.5, 0.6) is 17.2 Å². The number of aryl methyl sites for hydroxylation is 2. The minimum atomic E-state index is -0.0611. The number of amides is 1. The number of ether oxygens (including phenoxy) is 3. The van der Waals surface area contributed by atoms with Crippen LogP contribution < -0.4 is 19.8 Å². The monoisotopic (exact) mass is 481 g/mol. The van der Waals surface area contributed by atoms with Gasteiger partial charge in [-0.2, -0.15) is 0 Å². The number of thiophene rings is 1. The van der Waals surface area contributed by atoms with E-state index in [2.05, 4.69) is 0 Å². The molecule has 0 fully saturated rings. The van der Waals surface area contributed by atoms with Gasteiger partial charge in [0.05, 0.1) is 37.2 Å². The van der Waals surface area contributed by atoms with Gasteiger partial charge in [-0.3, -0.25) is 14.2 Å². The van der Waals surface area contributed by atoms with Gasteiger partial charge in [-0.1, -0.05) is 6.08 Å². The van der Waals surface area contributed by atoms with Crippen LogP contribution >= 0.6 is 11.3 Å². The highest BCUT2D eigenvalue weighted by molar-refractivity contribution is 7.20. The Balaban J connectivity index is 1.45. The van der Waals surface area contributed by atoms with Gasteiger partial charge in [0.25, 0.3) is 11.5 Å². The van der Waals surface area contributed by atoms with Gasteiger partial charge in [0.15, 0.2) is 0 Å². The molecule has 1 amide bonds. The van der Waals surface area contributed by atoms with Crippen molar-refractivity contribution in [2.24, 2.45) is 0 Å². The highest BCUT2D eigenvalue weighted by Crippen LogP contribution is 2.41. The quantitative estimate of drug-likeness (QED) is 0.553. The number of hydrogen-bond donors (Lipinski definition) is 0. The minimum Gasteiger partial charge on any atom is -0.496 e. The van der Waals surface area contributed by atoms with Crippen molar-refractivity contribution in [3.63, 3.8) is 0 Å². The predicted molar refractivity (Wildman–Crippen MR) is 132 cm³/mol. The van der Waals surface area contributed by atoms with E-state index < -0.39 is 0 Å². The van der Waals surface area contributed by atoms with Crippen LogP contribution in [-0.2, 0) is 13.0 Å². The molecule has 0 bridgehead atoms. The molecule has 2 aromatic heterocycles. The minimum absolute atomic E-state index is 0.0233. The molecule has 4 heterocycles. The van der Waals surface area contributed by atoms with Gasteiger partial charge in [0.1, 0.15) is 27.9 Å². The van der Waals surface area contributed by atoms with Crippen LogP contribution in [-0.4, -0.2) is 54.8 Å². The van der Waals surface area contributed by atoms with Gasteiger partial charge in [-0.15, -0.1) is 11.3 Å². The first-order valence-corrected chi connectivity index (χ1v) is 12.1. The first-order valence-electron chi connectivity index (χ1n) is 11.3. The summed E-state index contributed by atoms with van der Waals surface area (Å²) in [6, 6.07) is 3.67. The molecular formula is C25H27N3O5S. The molecule has 0 saturated carbocycles. The summed E-state index contributed by atoms with van der Waals surface area (Å²) in [7, 11) is 4.84. The highest BCUT2D eigenvalue weighted by Gasteiger charge is 2.28. The van der Waals surface area contributed by atoms with Crippen LogP contribution in [0.2, 0.25) is 0 Å². The molecule has 9 heteroatoms. The van der Waals surface area contributed by atoms with E-state index in [0.29, 0.717) is 58.4 Å². The summed E-state index contributed by atoms with van der Waals surface area (Å²) in [6.45, 7) is 3.58. The molecule has 5 rings (SSSR count). The maximum absolute atomic E-state index is 13.4. The zero-order chi connectivity index (χ0) is 24.0. The fourth-order valence-electron chi connectivity index (χ4n) is 4.83. The standard InChI is InChI=1S/C25H27N3O5S/c1-14-20-23(26-19-6-5-9-28(19)24(20)29)34-22(14)25(30)27-10-7-15(8-11-27)21-17(32-3)12-16(31-2)13-18(21)33-4/h7,12-13H,5-6,8-11H2,1-4H3. The Morgan fingerprint density at radius 2 is 1.79 bits per heavy atom. The molecular weight excluding hydrogens is 454 g/mol. The van der Waals surface area contributed by atoms with Crippen LogP contribution in [0.25, 0.3) is 15.8 Å². The van der Waals surface area contributed by atoms with Crippen molar-refractivity contribution in [1.82, 2.24) is 14.5 Å². The van der Waals surface area contributed by atoms with Crippen molar-refractivity contribution in [2.45, 2.75) is 32.7 Å². The molecule has 1 aromatic carbocycles. The Hall–Kier alpha value is -3.33. The van der Waals surface area contributed by atoms with Crippen LogP contribution in [0.1, 0.15) is 39.5 Å². The molecule has 0 aliphatic carbocycles. The number of nitrogens with zero attached hydrogens (tertiary/aromatic N) is 3. The topological polar surface area (TPSA) is 82.9 Å². The van der Waals surface area contributed by atoms with Crippen LogP contribution in [0.4, 0.5) is 0 Å². The highest BCUT2D eigenvalue weighted by atomic mass is 32.1. The van der Waals surface area contributed by atoms with E-state index in [1.54, 1.807) is 25.9 Å². The lowest BCUT2D eigenvalue weighted by Gasteiger charge is -2.28. The molecule has 8 nitrogen and oxygen atoms in total. The first kappa shape index (κ1) is 22.5. The molecule has 0 radical (unpaired) electrons. The van der Waals surface area contributed by atoms with E-state index in [9.17, 15) is 9.59 Å². The molecule has 34 heavy (non-hydrogen) atoms. The van der Waals surface area contributed by atoms with Gasteiger partial charge < -0.3 is 19.1 Å². The second kappa shape index (κ2) is 8.79. The van der Waals surface area contributed by atoms with Gasteiger partial charge in [0, 0.05) is 38.2 Å². The van der Waals surface area contributed by atoms with Crippen molar-refractivity contribution in [1.29, 1.82) is 0 Å². The molecule has 2 aliphatic rings. The van der Waals surface area contributed by atoms with Crippen LogP contribution in [0.15, 0.2) is 23.0 Å². The summed E-state index contributed by atoms with van der Waals surface area (Å²) < 4.78 is 18.3. The number of carbonyl (C=O) groups is 1. The maximum atomic E-state index is 13.4. The Bertz CT molecular complexity index is 1360. The van der Waals surface area contributed by atoms with E-state index >= 15 is 0 Å². The van der Waals surface area contributed by atoms with Gasteiger partial charge in [-0.05, 0) is 30.9 Å². The fourth-order valence-corrected chi connectivity index (χ4v) is 5.98. The normalized spacial score (nSPS) is 15.3. The molecule has 0 spiro atoms. The van der Waals surface area contributed by atoms with Gasteiger partial charge in [0.2, 0.25) is 0 Å². The van der Waals surface area contributed by atoms with Crippen molar-refractivity contribution in [3.8, 4) is 17.2 Å². The summed E-state index contributed by atoms with van der Waals surface area (Å²) in [4.78, 5) is 34.2. The zero-order valence-electron chi connectivity index (χ0n) is 19.8. The summed E-state index contributed by atoms with van der Waals surface area (Å²) in [5, 5.41) is 0.583. The molecule has 0 unspecified atom stereocenters. The predicted octanol–water partition coefficient (Wildman–Crippen LogP) is 3.67. The smallest absolute Gasteiger partial charge is 0.264 e. The lowest BCUT2D eigenvalue weighted by molar-refractivity contribution is 0.0777.